The van der Waals surface area contributed by atoms with Crippen LogP contribution in [0.1, 0.15) is 5.56 Å². The van der Waals surface area contributed by atoms with Crippen molar-refractivity contribution in [2.75, 3.05) is 0 Å². The number of rotatable bonds is 1. The van der Waals surface area contributed by atoms with Gasteiger partial charge in [0.15, 0.2) is 0 Å². The van der Waals surface area contributed by atoms with E-state index in [1.54, 1.807) is 6.92 Å². The summed E-state index contributed by atoms with van der Waals surface area (Å²) >= 11 is 0. The predicted molar refractivity (Wildman–Crippen MR) is 37.7 cm³/mol. The van der Waals surface area contributed by atoms with E-state index in [1.807, 2.05) is 0 Å². The molecule has 60 valence electrons. The van der Waals surface area contributed by atoms with Gasteiger partial charge in [0, 0.05) is 6.20 Å². The molecule has 0 bridgehead atoms. The van der Waals surface area contributed by atoms with Crippen LogP contribution < -0.4 is 56.8 Å². The van der Waals surface area contributed by atoms with Crippen molar-refractivity contribution < 1.29 is 64.3 Å². The molecule has 0 spiro atoms. The van der Waals surface area contributed by atoms with E-state index in [2.05, 4.69) is 4.98 Å². The zero-order valence-electron chi connectivity index (χ0n) is 6.89. The Morgan fingerprint density at radius 3 is 2.17 bits per heavy atom. The van der Waals surface area contributed by atoms with Crippen molar-refractivity contribution in [3.63, 3.8) is 0 Å². The van der Waals surface area contributed by atoms with Gasteiger partial charge in [-0.2, -0.15) is 0 Å². The Labute approximate surface area is 111 Å². The number of halogens is 3. The number of hydrogen-bond acceptors (Lipinski definition) is 1. The van der Waals surface area contributed by atoms with Crippen LogP contribution in [0.15, 0.2) is 18.5 Å². The summed E-state index contributed by atoms with van der Waals surface area (Å²) in [6.45, 7) is -3.30. The van der Waals surface area contributed by atoms with Gasteiger partial charge in [-0.05, 0) is 18.7 Å². The number of aromatic nitrogens is 1. The number of nitrogens with zero attached hydrogens (tertiary/aromatic N) is 1. The monoisotopic (exact) mass is 199 g/mol. The molecule has 0 aromatic carbocycles. The van der Waals surface area contributed by atoms with Gasteiger partial charge in [0.1, 0.15) is 0 Å². The van der Waals surface area contributed by atoms with Crippen molar-refractivity contribution in [3.8, 4) is 0 Å². The van der Waals surface area contributed by atoms with E-state index >= 15 is 0 Å². The summed E-state index contributed by atoms with van der Waals surface area (Å²) in [7, 11) is 0. The van der Waals surface area contributed by atoms with Crippen LogP contribution in [0, 0.1) is 6.92 Å². The second-order valence-corrected chi connectivity index (χ2v) is 2.37. The number of hydrogen-bond donors (Lipinski definition) is 0. The van der Waals surface area contributed by atoms with Crippen LogP contribution >= 0.6 is 0 Å². The first kappa shape index (κ1) is 12.6. The van der Waals surface area contributed by atoms with E-state index in [4.69, 9.17) is 0 Å². The minimum absolute atomic E-state index is 0. The topological polar surface area (TPSA) is 12.9 Å². The average Bonchev–Trinajstić information content (AvgIpc) is 1.86. The molecule has 0 unspecified atom stereocenters. The Bertz CT molecular complexity index is 263. The van der Waals surface area contributed by atoms with Crippen molar-refractivity contribution in [2.45, 2.75) is 6.92 Å². The van der Waals surface area contributed by atoms with Crippen LogP contribution in [0.25, 0.3) is 0 Å². The quantitative estimate of drug-likeness (QED) is 0.499. The number of pyridine rings is 1. The van der Waals surface area contributed by atoms with Gasteiger partial charge in [-0.25, -0.2) is 0 Å². The molecule has 0 amide bonds. The Morgan fingerprint density at radius 1 is 1.25 bits per heavy atom. The van der Waals surface area contributed by atoms with Gasteiger partial charge in [0.25, 0.3) is 0 Å². The van der Waals surface area contributed by atoms with E-state index < -0.39 is 12.4 Å². The Morgan fingerprint density at radius 2 is 1.83 bits per heavy atom. The van der Waals surface area contributed by atoms with Crippen LogP contribution in [0.3, 0.4) is 0 Å². The molecule has 0 N–H and O–H groups in total. The molecule has 0 atom stereocenters. The van der Waals surface area contributed by atoms with Gasteiger partial charge in [0.2, 0.25) is 0 Å². The fraction of sp³-hybridized carbons (Fsp3) is 0.167. The van der Waals surface area contributed by atoms with Gasteiger partial charge in [0.05, 0.1) is 0 Å². The smallest absolute Gasteiger partial charge is 0.445 e. The van der Waals surface area contributed by atoms with Crippen molar-refractivity contribution >= 4 is 12.4 Å². The molecule has 1 heterocycles. The normalized spacial score (nSPS) is 10.7. The van der Waals surface area contributed by atoms with Crippen LogP contribution in [-0.4, -0.2) is 12.0 Å². The van der Waals surface area contributed by atoms with E-state index in [9.17, 15) is 12.9 Å². The summed E-state index contributed by atoms with van der Waals surface area (Å²) in [6, 6.07) is 1.09. The maximum atomic E-state index is 12.0. The average molecular weight is 199 g/mol. The molecule has 0 saturated heterocycles. The predicted octanol–water partition coefficient (Wildman–Crippen LogP) is -1.55. The van der Waals surface area contributed by atoms with E-state index in [-0.39, 0.29) is 51.4 Å². The third-order valence-corrected chi connectivity index (χ3v) is 1.27. The summed E-state index contributed by atoms with van der Waals surface area (Å²) in [5.74, 6) is 0. The first-order chi connectivity index (χ1) is 5.00. The number of aryl methyl sites for hydroxylation is 1. The molecule has 12 heavy (non-hydrogen) atoms. The molecule has 0 fully saturated rings. The third kappa shape index (κ3) is 3.57. The van der Waals surface area contributed by atoms with Crippen molar-refractivity contribution in [1.29, 1.82) is 0 Å². The summed E-state index contributed by atoms with van der Waals surface area (Å²) in [5, 5.41) is 0. The molecular weight excluding hydrogens is 193 g/mol. The molecular formula is C6H6BF3KN. The summed E-state index contributed by atoms with van der Waals surface area (Å²) < 4.78 is 36.0. The van der Waals surface area contributed by atoms with Crippen molar-refractivity contribution in [2.24, 2.45) is 0 Å². The van der Waals surface area contributed by atoms with Crippen molar-refractivity contribution in [1.82, 2.24) is 4.98 Å². The van der Waals surface area contributed by atoms with Crippen LogP contribution in [0.5, 0.6) is 0 Å². The zero-order chi connectivity index (χ0) is 8.48. The molecule has 0 aliphatic rings. The van der Waals surface area contributed by atoms with Gasteiger partial charge >= 0.3 is 58.4 Å². The van der Waals surface area contributed by atoms with Gasteiger partial charge in [-0.3, -0.25) is 4.98 Å². The molecule has 1 rings (SSSR count). The second kappa shape index (κ2) is 4.76. The summed E-state index contributed by atoms with van der Waals surface area (Å²) in [4.78, 5) is 3.45. The molecule has 0 aliphatic carbocycles. The fourth-order valence-electron chi connectivity index (χ4n) is 0.757. The largest absolute Gasteiger partial charge is 1.00 e. The maximum absolute atomic E-state index is 12.0. The standard InChI is InChI=1S/C6H6BF3N.K/c1-5-2-6(4-11-3-5)7(8,9)10;/h2-4H,1H3;/q-1;+1. The third-order valence-electron chi connectivity index (χ3n) is 1.27. The second-order valence-electron chi connectivity index (χ2n) is 2.37. The molecule has 1 aromatic heterocycles. The van der Waals surface area contributed by atoms with Gasteiger partial charge in [-0.15, -0.1) is 0 Å². The Kier molecular flexibility index (Phi) is 5.01. The minimum atomic E-state index is -4.89. The molecule has 1 aromatic rings. The summed E-state index contributed by atoms with van der Waals surface area (Å²) in [5.41, 5.74) is -0.105. The van der Waals surface area contributed by atoms with Crippen LogP contribution in [-0.2, 0) is 0 Å². The molecule has 0 saturated carbocycles. The Hall–Kier alpha value is 0.641. The summed E-state index contributed by atoms with van der Waals surface area (Å²) in [6.07, 6.45) is 2.23. The minimum Gasteiger partial charge on any atom is -0.445 e. The Balaban J connectivity index is 0.00000121. The maximum Gasteiger partial charge on any atom is 1.00 e. The zero-order valence-corrected chi connectivity index (χ0v) is 10.0. The SMILES string of the molecule is Cc1cncc([B-](F)(F)F)c1.[K+]. The van der Waals surface area contributed by atoms with Crippen LogP contribution in [0.2, 0.25) is 0 Å². The van der Waals surface area contributed by atoms with Crippen molar-refractivity contribution in [3.05, 3.63) is 24.0 Å². The molecule has 6 heteroatoms. The van der Waals surface area contributed by atoms with Gasteiger partial charge < -0.3 is 12.9 Å². The molecule has 0 radical (unpaired) electrons. The first-order valence-corrected chi connectivity index (χ1v) is 3.11. The van der Waals surface area contributed by atoms with Gasteiger partial charge in [-0.1, -0.05) is 11.5 Å². The molecule has 0 aliphatic heterocycles. The van der Waals surface area contributed by atoms with E-state index in [0.29, 0.717) is 5.56 Å². The van der Waals surface area contributed by atoms with E-state index in [0.717, 1.165) is 12.3 Å². The molecule has 1 nitrogen and oxygen atoms in total. The van der Waals surface area contributed by atoms with Crippen LogP contribution in [0.4, 0.5) is 12.9 Å². The fourth-order valence-corrected chi connectivity index (χ4v) is 0.757. The first-order valence-electron chi connectivity index (χ1n) is 3.11. The van der Waals surface area contributed by atoms with E-state index in [1.165, 1.54) is 6.20 Å².